The highest BCUT2D eigenvalue weighted by molar-refractivity contribution is 5.92. The van der Waals surface area contributed by atoms with Crippen LogP contribution >= 0.6 is 0 Å². The number of hydrogen-bond donors (Lipinski definition) is 3. The molecule has 0 saturated carbocycles. The number of hydrogen-bond acceptors (Lipinski definition) is 2. The Labute approximate surface area is 109 Å². The quantitative estimate of drug-likeness (QED) is 0.537. The van der Waals surface area contributed by atoms with Crippen molar-refractivity contribution in [3.63, 3.8) is 0 Å². The first-order valence-electron chi connectivity index (χ1n) is 6.23. The molecule has 0 amide bonds. The summed E-state index contributed by atoms with van der Waals surface area (Å²) in [7, 11) is 1.62. The van der Waals surface area contributed by atoms with E-state index >= 15 is 0 Å². The third-order valence-corrected chi connectivity index (χ3v) is 1.88. The molecule has 1 heterocycles. The molecule has 0 spiro atoms. The van der Waals surface area contributed by atoms with Crippen molar-refractivity contribution in [2.45, 2.75) is 27.7 Å². The maximum atomic E-state index is 5.51. The van der Waals surface area contributed by atoms with Crippen LogP contribution in [0.15, 0.2) is 29.3 Å². The molecule has 5 nitrogen and oxygen atoms in total. The maximum absolute atomic E-state index is 5.51. The van der Waals surface area contributed by atoms with Gasteiger partial charge in [0.1, 0.15) is 0 Å². The Hall–Kier alpha value is -2.04. The fourth-order valence-electron chi connectivity index (χ4n) is 1.19. The van der Waals surface area contributed by atoms with Crippen molar-refractivity contribution in [1.29, 1.82) is 0 Å². The summed E-state index contributed by atoms with van der Waals surface area (Å²) in [5.41, 5.74) is 7.38. The molecule has 0 aliphatic heterocycles. The van der Waals surface area contributed by atoms with Crippen molar-refractivity contribution >= 4 is 22.9 Å². The molecule has 100 valence electrons. The third-order valence-electron chi connectivity index (χ3n) is 1.88. The zero-order chi connectivity index (χ0) is 14.0. The van der Waals surface area contributed by atoms with Crippen LogP contribution in [0.4, 0.5) is 5.95 Å². The zero-order valence-electron chi connectivity index (χ0n) is 11.8. The highest BCUT2D eigenvalue weighted by atomic mass is 15.2. The molecule has 4 N–H and O–H groups in total. The minimum absolute atomic E-state index is 0.337. The molecule has 0 aliphatic carbocycles. The number of nitrogens with two attached hydrogens (primary N) is 1. The predicted molar refractivity (Wildman–Crippen MR) is 80.0 cm³/mol. The van der Waals surface area contributed by atoms with Gasteiger partial charge < -0.3 is 10.7 Å². The molecule has 18 heavy (non-hydrogen) atoms. The molecule has 0 radical (unpaired) electrons. The molecule has 5 heteroatoms. The number of anilines is 1. The molecular weight excluding hydrogens is 226 g/mol. The summed E-state index contributed by atoms with van der Waals surface area (Å²) >= 11 is 0. The number of guanidine groups is 1. The number of aliphatic imine (C=N–C) groups is 1. The second-order valence-electron chi connectivity index (χ2n) is 2.84. The van der Waals surface area contributed by atoms with E-state index in [4.69, 9.17) is 5.73 Å². The van der Waals surface area contributed by atoms with E-state index in [-0.39, 0.29) is 0 Å². The van der Waals surface area contributed by atoms with E-state index in [2.05, 4.69) is 20.3 Å². The summed E-state index contributed by atoms with van der Waals surface area (Å²) in [4.78, 5) is 11.1. The van der Waals surface area contributed by atoms with Crippen LogP contribution < -0.4 is 11.1 Å². The second kappa shape index (κ2) is 9.04. The Morgan fingerprint density at radius 1 is 1.22 bits per heavy atom. The number of nitrogens with zero attached hydrogens (tertiary/aromatic N) is 2. The van der Waals surface area contributed by atoms with Gasteiger partial charge in [0.2, 0.25) is 5.95 Å². The standard InChI is InChI=1S/C9H11N5.2C2H6/c1-11-8(10)14-9-12-6-4-2-3-5-7(6)13-9;2*1-2/h2-5H,1H3,(H4,10,11,12,13,14);2*1-2H3. The van der Waals surface area contributed by atoms with Gasteiger partial charge in [-0.05, 0) is 12.1 Å². The van der Waals surface area contributed by atoms with Crippen molar-refractivity contribution in [1.82, 2.24) is 9.97 Å². The van der Waals surface area contributed by atoms with Crippen LogP contribution in [0.2, 0.25) is 0 Å². The molecule has 1 aromatic carbocycles. The molecular formula is C13H23N5. The van der Waals surface area contributed by atoms with E-state index in [0.29, 0.717) is 11.9 Å². The lowest BCUT2D eigenvalue weighted by atomic mass is 10.3. The Kier molecular flexibility index (Phi) is 8.01. The van der Waals surface area contributed by atoms with Gasteiger partial charge in [-0.3, -0.25) is 10.3 Å². The lowest BCUT2D eigenvalue weighted by Crippen LogP contribution is -2.22. The van der Waals surface area contributed by atoms with Crippen LogP contribution in [-0.2, 0) is 0 Å². The topological polar surface area (TPSA) is 79.1 Å². The van der Waals surface area contributed by atoms with Crippen molar-refractivity contribution in [3.05, 3.63) is 24.3 Å². The van der Waals surface area contributed by atoms with E-state index in [1.165, 1.54) is 0 Å². The highest BCUT2D eigenvalue weighted by Gasteiger charge is 2.01. The van der Waals surface area contributed by atoms with Crippen molar-refractivity contribution in [3.8, 4) is 0 Å². The minimum atomic E-state index is 0.337. The smallest absolute Gasteiger partial charge is 0.208 e. The van der Waals surface area contributed by atoms with E-state index in [9.17, 15) is 0 Å². The highest BCUT2D eigenvalue weighted by Crippen LogP contribution is 2.12. The van der Waals surface area contributed by atoms with Gasteiger partial charge in [0.05, 0.1) is 11.0 Å². The predicted octanol–water partition coefficient (Wildman–Crippen LogP) is 2.97. The summed E-state index contributed by atoms with van der Waals surface area (Å²) in [5.74, 6) is 0.943. The van der Waals surface area contributed by atoms with Crippen LogP contribution in [0.3, 0.4) is 0 Å². The molecule has 1 aromatic heterocycles. The van der Waals surface area contributed by atoms with Crippen LogP contribution in [0.1, 0.15) is 27.7 Å². The zero-order valence-corrected chi connectivity index (χ0v) is 11.8. The van der Waals surface area contributed by atoms with Gasteiger partial charge in [-0.15, -0.1) is 0 Å². The lowest BCUT2D eigenvalue weighted by molar-refractivity contribution is 1.29. The Bertz CT molecular complexity index is 440. The second-order valence-corrected chi connectivity index (χ2v) is 2.84. The molecule has 0 saturated heterocycles. The van der Waals surface area contributed by atoms with Gasteiger partial charge in [0.25, 0.3) is 0 Å². The lowest BCUT2D eigenvalue weighted by Gasteiger charge is -1.97. The van der Waals surface area contributed by atoms with Crippen LogP contribution in [-0.4, -0.2) is 23.0 Å². The Morgan fingerprint density at radius 2 is 1.83 bits per heavy atom. The number of aromatic nitrogens is 2. The van der Waals surface area contributed by atoms with Gasteiger partial charge in [0, 0.05) is 7.05 Å². The van der Waals surface area contributed by atoms with Gasteiger partial charge in [-0.2, -0.15) is 0 Å². The van der Waals surface area contributed by atoms with E-state index in [0.717, 1.165) is 11.0 Å². The SMILES string of the molecule is CC.CC.CN=C(N)Nc1nc2ccccc2[nH]1. The summed E-state index contributed by atoms with van der Waals surface area (Å²) < 4.78 is 0. The van der Waals surface area contributed by atoms with E-state index < -0.39 is 0 Å². The summed E-state index contributed by atoms with van der Waals surface area (Å²) in [6, 6.07) is 7.76. The molecule has 2 aromatic rings. The molecule has 2 rings (SSSR count). The fourth-order valence-corrected chi connectivity index (χ4v) is 1.19. The van der Waals surface area contributed by atoms with Gasteiger partial charge in [-0.1, -0.05) is 39.8 Å². The molecule has 0 fully saturated rings. The number of fused-ring (bicyclic) bond motifs is 1. The number of benzene rings is 1. The normalized spacial score (nSPS) is 9.94. The third kappa shape index (κ3) is 4.45. The van der Waals surface area contributed by atoms with Gasteiger partial charge in [-0.25, -0.2) is 4.98 Å². The van der Waals surface area contributed by atoms with Crippen molar-refractivity contribution in [2.75, 3.05) is 12.4 Å². The average Bonchev–Trinajstić information content (AvgIpc) is 2.85. The summed E-state index contributed by atoms with van der Waals surface area (Å²) in [6.07, 6.45) is 0. The van der Waals surface area contributed by atoms with E-state index in [1.54, 1.807) is 7.05 Å². The van der Waals surface area contributed by atoms with Crippen LogP contribution in [0, 0.1) is 0 Å². The monoisotopic (exact) mass is 249 g/mol. The molecule has 0 atom stereocenters. The molecule has 0 unspecified atom stereocenters. The van der Waals surface area contributed by atoms with Crippen LogP contribution in [0.25, 0.3) is 11.0 Å². The minimum Gasteiger partial charge on any atom is -0.370 e. The number of aromatic amines is 1. The van der Waals surface area contributed by atoms with Crippen molar-refractivity contribution < 1.29 is 0 Å². The number of para-hydroxylation sites is 2. The van der Waals surface area contributed by atoms with Crippen LogP contribution in [0.5, 0.6) is 0 Å². The van der Waals surface area contributed by atoms with Gasteiger partial charge >= 0.3 is 0 Å². The first kappa shape index (κ1) is 16.0. The number of H-pyrrole nitrogens is 1. The Morgan fingerprint density at radius 3 is 2.39 bits per heavy atom. The number of imidazole rings is 1. The van der Waals surface area contributed by atoms with Gasteiger partial charge in [0.15, 0.2) is 5.96 Å². The number of rotatable bonds is 1. The van der Waals surface area contributed by atoms with E-state index in [1.807, 2.05) is 52.0 Å². The fraction of sp³-hybridized carbons (Fsp3) is 0.385. The first-order valence-corrected chi connectivity index (χ1v) is 6.23. The summed E-state index contributed by atoms with van der Waals surface area (Å²) in [5, 5.41) is 2.84. The average molecular weight is 249 g/mol. The summed E-state index contributed by atoms with van der Waals surface area (Å²) in [6.45, 7) is 8.00. The largest absolute Gasteiger partial charge is 0.370 e. The maximum Gasteiger partial charge on any atom is 0.208 e. The molecule has 0 bridgehead atoms. The molecule has 0 aliphatic rings. The Balaban J connectivity index is 0.000000659. The number of nitrogens with one attached hydrogen (secondary N) is 2. The first-order chi connectivity index (χ1) is 8.79. The van der Waals surface area contributed by atoms with Crippen molar-refractivity contribution in [2.24, 2.45) is 10.7 Å².